The summed E-state index contributed by atoms with van der Waals surface area (Å²) in [5.74, 6) is 1.71. The van der Waals surface area contributed by atoms with Crippen molar-refractivity contribution in [1.82, 2.24) is 9.97 Å². The summed E-state index contributed by atoms with van der Waals surface area (Å²) in [6.45, 7) is 8.49. The van der Waals surface area contributed by atoms with Crippen molar-refractivity contribution in [2.45, 2.75) is 13.8 Å². The number of hydrogen-bond donors (Lipinski definition) is 0. The van der Waals surface area contributed by atoms with Gasteiger partial charge < -0.3 is 19.3 Å². The van der Waals surface area contributed by atoms with Gasteiger partial charge in [0.15, 0.2) is 10.3 Å². The Morgan fingerprint density at radius 3 is 2.30 bits per heavy atom. The normalized spacial score (nSPS) is 14.6. The molecule has 3 heterocycles. The van der Waals surface area contributed by atoms with E-state index in [9.17, 15) is 0 Å². The molecule has 0 bridgehead atoms. The number of para-hydroxylation sites is 1. The van der Waals surface area contributed by atoms with Gasteiger partial charge in [-0.2, -0.15) is 0 Å². The average Bonchev–Trinajstić information content (AvgIpc) is 3.40. The highest BCUT2D eigenvalue weighted by molar-refractivity contribution is 7.22. The summed E-state index contributed by atoms with van der Waals surface area (Å²) >= 11 is 3.49. The molecule has 8 heteroatoms. The van der Waals surface area contributed by atoms with Gasteiger partial charge in [0.2, 0.25) is 0 Å². The lowest BCUT2D eigenvalue weighted by Gasteiger charge is -2.34. The number of anilines is 2. The zero-order valence-corrected chi connectivity index (χ0v) is 19.0. The van der Waals surface area contributed by atoms with Gasteiger partial charge in [-0.1, -0.05) is 34.8 Å². The predicted octanol–water partition coefficient (Wildman–Crippen LogP) is 4.95. The fourth-order valence-corrected chi connectivity index (χ4v) is 5.94. The van der Waals surface area contributed by atoms with Gasteiger partial charge in [-0.25, -0.2) is 9.97 Å². The van der Waals surface area contributed by atoms with E-state index in [0.717, 1.165) is 59.0 Å². The summed E-state index contributed by atoms with van der Waals surface area (Å²) in [7, 11) is 1.71. The van der Waals surface area contributed by atoms with Gasteiger partial charge in [-0.3, -0.25) is 0 Å². The molecule has 0 spiro atoms. The number of hydrogen-bond acceptors (Lipinski definition) is 8. The Bertz CT molecular complexity index is 1190. The number of nitrogens with zero attached hydrogens (tertiary/aromatic N) is 4. The molecule has 0 amide bonds. The summed E-state index contributed by atoms with van der Waals surface area (Å²) in [4.78, 5) is 14.5. The van der Waals surface area contributed by atoms with Crippen LogP contribution >= 0.6 is 22.7 Å². The maximum Gasteiger partial charge on any atom is 0.186 e. The summed E-state index contributed by atoms with van der Waals surface area (Å²) in [6, 6.07) is 10.3. The zero-order chi connectivity index (χ0) is 20.7. The van der Waals surface area contributed by atoms with Gasteiger partial charge in [0, 0.05) is 26.2 Å². The fourth-order valence-electron chi connectivity index (χ4n) is 3.81. The minimum absolute atomic E-state index is 0.650. The van der Waals surface area contributed by atoms with Gasteiger partial charge >= 0.3 is 0 Å². The fraction of sp³-hybridized carbons (Fsp3) is 0.364. The number of ether oxygens (including phenoxy) is 2. The molecule has 1 saturated heterocycles. The maximum absolute atomic E-state index is 5.75. The zero-order valence-electron chi connectivity index (χ0n) is 17.3. The van der Waals surface area contributed by atoms with Gasteiger partial charge in [0.1, 0.15) is 22.5 Å². The quantitative estimate of drug-likeness (QED) is 0.438. The van der Waals surface area contributed by atoms with E-state index < -0.39 is 0 Å². The smallest absolute Gasteiger partial charge is 0.186 e. The molecule has 0 N–H and O–H groups in total. The summed E-state index contributed by atoms with van der Waals surface area (Å²) < 4.78 is 13.6. The maximum atomic E-state index is 5.75. The second-order valence-corrected chi connectivity index (χ2v) is 9.25. The third kappa shape index (κ3) is 3.33. The average molecular weight is 441 g/mol. The van der Waals surface area contributed by atoms with E-state index in [0.29, 0.717) is 6.61 Å². The minimum atomic E-state index is 0.650. The monoisotopic (exact) mass is 440 g/mol. The van der Waals surface area contributed by atoms with Crippen LogP contribution in [0.15, 0.2) is 30.3 Å². The largest absolute Gasteiger partial charge is 0.494 e. The Morgan fingerprint density at radius 1 is 0.900 bits per heavy atom. The Labute approximate surface area is 183 Å². The van der Waals surface area contributed by atoms with E-state index in [-0.39, 0.29) is 0 Å². The van der Waals surface area contributed by atoms with Crippen LogP contribution in [0.4, 0.5) is 10.3 Å². The Morgan fingerprint density at radius 2 is 1.60 bits per heavy atom. The first-order valence-electron chi connectivity index (χ1n) is 10.1. The Hall–Kier alpha value is -2.58. The third-order valence-corrected chi connectivity index (χ3v) is 7.74. The van der Waals surface area contributed by atoms with Crippen molar-refractivity contribution in [1.29, 1.82) is 0 Å². The highest BCUT2D eigenvalue weighted by Crippen LogP contribution is 2.38. The summed E-state index contributed by atoms with van der Waals surface area (Å²) in [5.41, 5.74) is 3.18. The van der Waals surface area contributed by atoms with Crippen molar-refractivity contribution in [3.63, 3.8) is 0 Å². The molecule has 2 aromatic carbocycles. The number of aromatic nitrogens is 2. The van der Waals surface area contributed by atoms with Crippen LogP contribution in [0.5, 0.6) is 11.5 Å². The lowest BCUT2D eigenvalue weighted by molar-refractivity contribution is 0.344. The van der Waals surface area contributed by atoms with Crippen LogP contribution < -0.4 is 19.3 Å². The van der Waals surface area contributed by atoms with Crippen molar-refractivity contribution in [3.8, 4) is 11.5 Å². The van der Waals surface area contributed by atoms with Crippen molar-refractivity contribution in [2.75, 3.05) is 49.7 Å². The van der Waals surface area contributed by atoms with E-state index in [1.165, 1.54) is 15.0 Å². The van der Waals surface area contributed by atoms with Gasteiger partial charge in [0.05, 0.1) is 23.1 Å². The van der Waals surface area contributed by atoms with Crippen LogP contribution in [0.25, 0.3) is 20.4 Å². The molecule has 1 aliphatic heterocycles. The molecule has 156 valence electrons. The van der Waals surface area contributed by atoms with Crippen LogP contribution in [0.2, 0.25) is 0 Å². The Balaban J connectivity index is 1.35. The van der Waals surface area contributed by atoms with E-state index in [1.54, 1.807) is 29.8 Å². The molecule has 1 fully saturated rings. The molecular formula is C22H24N4O2S2. The first-order valence-corrected chi connectivity index (χ1v) is 11.8. The van der Waals surface area contributed by atoms with Crippen molar-refractivity contribution >= 4 is 53.4 Å². The van der Waals surface area contributed by atoms with Crippen molar-refractivity contribution in [2.24, 2.45) is 0 Å². The number of thiazole rings is 2. The molecule has 4 aromatic rings. The predicted molar refractivity (Wildman–Crippen MR) is 126 cm³/mol. The van der Waals surface area contributed by atoms with Crippen LogP contribution in [0, 0.1) is 6.92 Å². The number of piperazine rings is 1. The number of fused-ring (bicyclic) bond motifs is 2. The molecule has 2 aromatic heterocycles. The van der Waals surface area contributed by atoms with Crippen LogP contribution in [0.1, 0.15) is 12.5 Å². The van der Waals surface area contributed by atoms with Gasteiger partial charge in [-0.15, -0.1) is 0 Å². The minimum Gasteiger partial charge on any atom is -0.494 e. The third-order valence-electron chi connectivity index (χ3n) is 5.40. The lowest BCUT2D eigenvalue weighted by Crippen LogP contribution is -2.46. The molecule has 5 rings (SSSR count). The first kappa shape index (κ1) is 19.4. The number of benzene rings is 2. The molecule has 6 nitrogen and oxygen atoms in total. The van der Waals surface area contributed by atoms with E-state index in [1.807, 2.05) is 25.1 Å². The highest BCUT2D eigenvalue weighted by Gasteiger charge is 2.23. The van der Waals surface area contributed by atoms with E-state index in [2.05, 4.69) is 28.9 Å². The highest BCUT2D eigenvalue weighted by atomic mass is 32.1. The molecule has 0 atom stereocenters. The topological polar surface area (TPSA) is 50.7 Å². The van der Waals surface area contributed by atoms with E-state index >= 15 is 0 Å². The van der Waals surface area contributed by atoms with E-state index in [4.69, 9.17) is 19.4 Å². The second-order valence-electron chi connectivity index (χ2n) is 7.27. The van der Waals surface area contributed by atoms with Crippen molar-refractivity contribution in [3.05, 3.63) is 35.9 Å². The molecule has 30 heavy (non-hydrogen) atoms. The molecular weight excluding hydrogens is 416 g/mol. The molecule has 0 saturated carbocycles. The second kappa shape index (κ2) is 7.92. The SMILES string of the molecule is CCOc1cccc2sc(N3CCN(c4nc5c(OC)ccc(C)c5s4)CC3)nc12. The lowest BCUT2D eigenvalue weighted by atomic mass is 10.2. The number of methoxy groups -OCH3 is 1. The standard InChI is InChI=1S/C22H24N4O2S2/c1-4-28-16-6-5-7-17-18(16)23-21(29-17)25-10-12-26(13-11-25)22-24-19-15(27-3)9-8-14(2)20(19)30-22/h5-9H,4,10-13H2,1-3H3. The molecule has 0 aliphatic carbocycles. The van der Waals surface area contributed by atoms with Gasteiger partial charge in [0.25, 0.3) is 0 Å². The van der Waals surface area contributed by atoms with Crippen LogP contribution in [-0.4, -0.2) is 49.9 Å². The van der Waals surface area contributed by atoms with Crippen molar-refractivity contribution < 1.29 is 9.47 Å². The summed E-state index contributed by atoms with van der Waals surface area (Å²) in [5, 5.41) is 2.14. The van der Waals surface area contributed by atoms with Crippen LogP contribution in [0.3, 0.4) is 0 Å². The number of aryl methyl sites for hydroxylation is 1. The first-order chi connectivity index (χ1) is 14.7. The van der Waals surface area contributed by atoms with Crippen LogP contribution in [-0.2, 0) is 0 Å². The number of rotatable bonds is 5. The molecule has 1 aliphatic rings. The summed E-state index contributed by atoms with van der Waals surface area (Å²) in [6.07, 6.45) is 0. The molecule has 0 unspecified atom stereocenters. The Kier molecular flexibility index (Phi) is 5.12. The molecule has 0 radical (unpaired) electrons. The van der Waals surface area contributed by atoms with Gasteiger partial charge in [-0.05, 0) is 37.6 Å².